The van der Waals surface area contributed by atoms with Crippen LogP contribution in [0.3, 0.4) is 0 Å². The van der Waals surface area contributed by atoms with Gasteiger partial charge in [-0.1, -0.05) is 78.9 Å². The van der Waals surface area contributed by atoms with Gasteiger partial charge < -0.3 is 10.8 Å². The van der Waals surface area contributed by atoms with Gasteiger partial charge in [0.1, 0.15) is 0 Å². The van der Waals surface area contributed by atoms with Crippen molar-refractivity contribution in [1.82, 2.24) is 0 Å². The molecule has 0 aromatic heterocycles. The van der Waals surface area contributed by atoms with E-state index in [1.165, 1.54) is 0 Å². The summed E-state index contributed by atoms with van der Waals surface area (Å²) >= 11 is 0. The number of hydrogen-bond acceptors (Lipinski definition) is 2. The monoisotopic (exact) mass is 315 g/mol. The van der Waals surface area contributed by atoms with Gasteiger partial charge in [-0.3, -0.25) is 0 Å². The molecule has 3 aromatic carbocycles. The largest absolute Gasteiger partial charge is 0.478 e. The Morgan fingerprint density at radius 2 is 1.17 bits per heavy atom. The fourth-order valence-electron chi connectivity index (χ4n) is 2.75. The van der Waals surface area contributed by atoms with Crippen molar-refractivity contribution in [1.29, 1.82) is 0 Å². The molecule has 3 heteroatoms. The Morgan fingerprint density at radius 3 is 1.62 bits per heavy atom. The molecule has 24 heavy (non-hydrogen) atoms. The Balaban J connectivity index is 2.38. The zero-order valence-electron chi connectivity index (χ0n) is 13.0. The van der Waals surface area contributed by atoms with E-state index in [2.05, 4.69) is 0 Å². The van der Waals surface area contributed by atoms with Crippen molar-refractivity contribution >= 4 is 22.8 Å². The Labute approximate surface area is 140 Å². The number of hydrogen-bond donors (Lipinski definition) is 2. The first-order chi connectivity index (χ1) is 11.7. The van der Waals surface area contributed by atoms with Crippen LogP contribution in [0, 0.1) is 0 Å². The minimum absolute atomic E-state index is 0.200. The predicted molar refractivity (Wildman–Crippen MR) is 97.3 cm³/mol. The van der Waals surface area contributed by atoms with E-state index in [-0.39, 0.29) is 5.57 Å². The van der Waals surface area contributed by atoms with Crippen LogP contribution in [0.5, 0.6) is 0 Å². The molecular weight excluding hydrogens is 298 g/mol. The van der Waals surface area contributed by atoms with Gasteiger partial charge in [-0.25, -0.2) is 4.79 Å². The molecule has 0 unspecified atom stereocenters. The lowest BCUT2D eigenvalue weighted by Crippen LogP contribution is -2.07. The SMILES string of the molecule is Nc1ccccc1C(C(=O)O)=C(c1ccccc1)c1ccccc1. The highest BCUT2D eigenvalue weighted by molar-refractivity contribution is 6.27. The van der Waals surface area contributed by atoms with Crippen LogP contribution >= 0.6 is 0 Å². The van der Waals surface area contributed by atoms with Gasteiger partial charge in [0.05, 0.1) is 5.57 Å². The third-order valence-electron chi connectivity index (χ3n) is 3.82. The summed E-state index contributed by atoms with van der Waals surface area (Å²) in [6, 6.07) is 26.1. The molecule has 3 N–H and O–H groups in total. The quantitative estimate of drug-likeness (QED) is 0.428. The summed E-state index contributed by atoms with van der Waals surface area (Å²) in [6.45, 7) is 0. The van der Waals surface area contributed by atoms with E-state index < -0.39 is 5.97 Å². The maximum Gasteiger partial charge on any atom is 0.337 e. The maximum absolute atomic E-state index is 12.1. The predicted octanol–water partition coefficient (Wildman–Crippen LogP) is 4.31. The number of benzene rings is 3. The van der Waals surface area contributed by atoms with Crippen molar-refractivity contribution in [3.05, 3.63) is 102 Å². The molecule has 0 bridgehead atoms. The topological polar surface area (TPSA) is 63.3 Å². The molecule has 0 atom stereocenters. The zero-order valence-corrected chi connectivity index (χ0v) is 13.0. The highest BCUT2D eigenvalue weighted by atomic mass is 16.4. The lowest BCUT2D eigenvalue weighted by molar-refractivity contribution is -0.130. The van der Waals surface area contributed by atoms with Gasteiger partial charge in [-0.05, 0) is 17.2 Å². The number of aliphatic carboxylic acids is 1. The highest BCUT2D eigenvalue weighted by Gasteiger charge is 2.21. The molecule has 0 aliphatic heterocycles. The van der Waals surface area contributed by atoms with Crippen LogP contribution in [-0.2, 0) is 4.79 Å². The molecule has 0 saturated carbocycles. The average Bonchev–Trinajstić information content (AvgIpc) is 2.62. The normalized spacial score (nSPS) is 10.2. The van der Waals surface area contributed by atoms with E-state index in [0.29, 0.717) is 16.8 Å². The van der Waals surface area contributed by atoms with Crippen molar-refractivity contribution in [2.75, 3.05) is 5.73 Å². The Morgan fingerprint density at radius 1 is 0.708 bits per heavy atom. The van der Waals surface area contributed by atoms with Crippen LogP contribution in [0.15, 0.2) is 84.9 Å². The van der Waals surface area contributed by atoms with E-state index in [1.807, 2.05) is 60.7 Å². The Bertz CT molecular complexity index is 842. The highest BCUT2D eigenvalue weighted by Crippen LogP contribution is 2.34. The second-order valence-electron chi connectivity index (χ2n) is 5.37. The van der Waals surface area contributed by atoms with Gasteiger partial charge in [0, 0.05) is 16.8 Å². The van der Waals surface area contributed by atoms with Gasteiger partial charge in [-0.2, -0.15) is 0 Å². The summed E-state index contributed by atoms with van der Waals surface area (Å²) in [6.07, 6.45) is 0. The van der Waals surface area contributed by atoms with Gasteiger partial charge in [0.2, 0.25) is 0 Å². The van der Waals surface area contributed by atoms with E-state index in [9.17, 15) is 9.90 Å². The van der Waals surface area contributed by atoms with Gasteiger partial charge in [-0.15, -0.1) is 0 Å². The molecule has 0 fully saturated rings. The van der Waals surface area contributed by atoms with Crippen LogP contribution in [-0.4, -0.2) is 11.1 Å². The molecule has 3 nitrogen and oxygen atoms in total. The van der Waals surface area contributed by atoms with Crippen LogP contribution in [0.4, 0.5) is 5.69 Å². The second kappa shape index (κ2) is 6.84. The number of nitrogen functional groups attached to an aromatic ring is 1. The van der Waals surface area contributed by atoms with Crippen molar-refractivity contribution in [2.45, 2.75) is 0 Å². The number of nitrogens with two attached hydrogens (primary N) is 1. The molecule has 0 heterocycles. The number of para-hydroxylation sites is 1. The minimum Gasteiger partial charge on any atom is -0.478 e. The van der Waals surface area contributed by atoms with E-state index in [0.717, 1.165) is 11.1 Å². The smallest absolute Gasteiger partial charge is 0.337 e. The van der Waals surface area contributed by atoms with Gasteiger partial charge >= 0.3 is 5.97 Å². The maximum atomic E-state index is 12.1. The first-order valence-corrected chi connectivity index (χ1v) is 7.62. The van der Waals surface area contributed by atoms with E-state index in [1.54, 1.807) is 24.3 Å². The first-order valence-electron chi connectivity index (χ1n) is 7.62. The molecule has 0 saturated heterocycles. The summed E-state index contributed by atoms with van der Waals surface area (Å²) < 4.78 is 0. The fraction of sp³-hybridized carbons (Fsp3) is 0. The molecule has 0 amide bonds. The summed E-state index contributed by atoms with van der Waals surface area (Å²) in [7, 11) is 0. The van der Waals surface area contributed by atoms with Crippen molar-refractivity contribution in [2.24, 2.45) is 0 Å². The summed E-state index contributed by atoms with van der Waals surface area (Å²) in [5.41, 5.74) is 9.55. The molecule has 0 spiro atoms. The molecule has 3 aromatic rings. The number of carboxylic acids is 1. The van der Waals surface area contributed by atoms with Crippen molar-refractivity contribution in [3.8, 4) is 0 Å². The summed E-state index contributed by atoms with van der Waals surface area (Å²) in [4.78, 5) is 12.1. The van der Waals surface area contributed by atoms with Crippen molar-refractivity contribution in [3.63, 3.8) is 0 Å². The van der Waals surface area contributed by atoms with Crippen molar-refractivity contribution < 1.29 is 9.90 Å². The molecular formula is C21H17NO2. The number of carboxylic acid groups (broad SMARTS) is 1. The van der Waals surface area contributed by atoms with Crippen LogP contribution in [0.1, 0.15) is 16.7 Å². The third-order valence-corrected chi connectivity index (χ3v) is 3.82. The van der Waals surface area contributed by atoms with E-state index in [4.69, 9.17) is 5.73 Å². The lowest BCUT2D eigenvalue weighted by atomic mass is 9.89. The Kier molecular flexibility index (Phi) is 4.43. The lowest BCUT2D eigenvalue weighted by Gasteiger charge is -2.15. The second-order valence-corrected chi connectivity index (χ2v) is 5.37. The van der Waals surface area contributed by atoms with Gasteiger partial charge in [0.15, 0.2) is 0 Å². The zero-order chi connectivity index (χ0) is 16.9. The summed E-state index contributed by atoms with van der Waals surface area (Å²) in [5, 5.41) is 9.93. The van der Waals surface area contributed by atoms with Crippen LogP contribution < -0.4 is 5.73 Å². The van der Waals surface area contributed by atoms with Gasteiger partial charge in [0.25, 0.3) is 0 Å². The molecule has 0 radical (unpaired) electrons. The minimum atomic E-state index is -1.00. The number of carbonyl (C=O) groups is 1. The molecule has 0 aliphatic rings. The van der Waals surface area contributed by atoms with Crippen LogP contribution in [0.25, 0.3) is 11.1 Å². The molecule has 118 valence electrons. The average molecular weight is 315 g/mol. The van der Waals surface area contributed by atoms with Crippen LogP contribution in [0.2, 0.25) is 0 Å². The molecule has 3 rings (SSSR count). The molecule has 0 aliphatic carbocycles. The summed E-state index contributed by atoms with van der Waals surface area (Å²) in [5.74, 6) is -1.00. The number of rotatable bonds is 4. The number of anilines is 1. The Hall–Kier alpha value is -3.33. The standard InChI is InChI=1S/C21H17NO2/c22-18-14-8-7-13-17(18)20(21(23)24)19(15-9-3-1-4-10-15)16-11-5-2-6-12-16/h1-14H,22H2,(H,23,24). The van der Waals surface area contributed by atoms with E-state index >= 15 is 0 Å². The fourth-order valence-corrected chi connectivity index (χ4v) is 2.75. The third kappa shape index (κ3) is 3.06. The first kappa shape index (κ1) is 15.6.